The second-order valence-electron chi connectivity index (χ2n) is 6.13. The van der Waals surface area contributed by atoms with Crippen LogP contribution in [0.5, 0.6) is 0 Å². The lowest BCUT2D eigenvalue weighted by Gasteiger charge is -2.41. The van der Waals surface area contributed by atoms with Gasteiger partial charge in [-0.2, -0.15) is 0 Å². The summed E-state index contributed by atoms with van der Waals surface area (Å²) in [6, 6.07) is 7.17. The van der Waals surface area contributed by atoms with E-state index < -0.39 is 0 Å². The maximum atomic E-state index is 4.01. The summed E-state index contributed by atoms with van der Waals surface area (Å²) in [6.45, 7) is 12.8. The minimum absolute atomic E-state index is 0.776. The summed E-state index contributed by atoms with van der Waals surface area (Å²) in [4.78, 5) is 9.21. The van der Waals surface area contributed by atoms with E-state index in [2.05, 4.69) is 51.9 Å². The van der Waals surface area contributed by atoms with Crippen molar-refractivity contribution in [3.63, 3.8) is 0 Å². The van der Waals surface area contributed by atoms with E-state index in [9.17, 15) is 0 Å². The molecule has 0 unspecified atom stereocenters. The Bertz CT molecular complexity index is 486. The van der Waals surface area contributed by atoms with Crippen molar-refractivity contribution in [1.29, 1.82) is 0 Å². The number of piperazine rings is 1. The largest absolute Gasteiger partial charge is 0.371 e. The Morgan fingerprint density at radius 1 is 1.14 bits per heavy atom. The highest BCUT2D eigenvalue weighted by molar-refractivity contribution is 5.60. The predicted octanol–water partition coefficient (Wildman–Crippen LogP) is 2.20. The zero-order valence-corrected chi connectivity index (χ0v) is 13.0. The Hall–Kier alpha value is -1.39. The van der Waals surface area contributed by atoms with Crippen molar-refractivity contribution in [1.82, 2.24) is 10.2 Å². The van der Waals surface area contributed by atoms with Gasteiger partial charge in [0.05, 0.1) is 5.69 Å². The van der Waals surface area contributed by atoms with Gasteiger partial charge >= 0.3 is 0 Å². The minimum Gasteiger partial charge on any atom is -0.371 e. The fourth-order valence-corrected chi connectivity index (χ4v) is 3.61. The third-order valence-corrected chi connectivity index (χ3v) is 4.84. The zero-order chi connectivity index (χ0) is 14.7. The summed E-state index contributed by atoms with van der Waals surface area (Å²) in [6.07, 6.45) is 2.56. The van der Waals surface area contributed by atoms with Crippen LogP contribution in [0.3, 0.4) is 0 Å². The molecule has 114 valence electrons. The van der Waals surface area contributed by atoms with E-state index in [-0.39, 0.29) is 0 Å². The Morgan fingerprint density at radius 2 is 1.86 bits per heavy atom. The van der Waals surface area contributed by atoms with Crippen LogP contribution in [-0.2, 0) is 0 Å². The highest BCUT2D eigenvalue weighted by Crippen LogP contribution is 2.28. The summed E-state index contributed by atoms with van der Waals surface area (Å²) in [5.74, 6) is 0. The Labute approximate surface area is 127 Å². The van der Waals surface area contributed by atoms with Crippen LogP contribution in [-0.4, -0.2) is 56.9 Å². The Kier molecular flexibility index (Phi) is 4.56. The third kappa shape index (κ3) is 3.27. The van der Waals surface area contributed by atoms with Gasteiger partial charge in [-0.05, 0) is 50.2 Å². The third-order valence-electron chi connectivity index (χ3n) is 4.84. The van der Waals surface area contributed by atoms with E-state index in [4.69, 9.17) is 0 Å². The SMILES string of the molecule is C=Nc1ccc(N2CCC(N3CCNCC3)CC2)c(C)c1. The fourth-order valence-electron chi connectivity index (χ4n) is 3.61. The highest BCUT2D eigenvalue weighted by atomic mass is 15.2. The summed E-state index contributed by atoms with van der Waals surface area (Å²) in [5, 5.41) is 3.44. The molecule has 0 spiro atoms. The van der Waals surface area contributed by atoms with E-state index in [1.54, 1.807) is 0 Å². The number of anilines is 1. The molecule has 4 nitrogen and oxygen atoms in total. The number of hydrogen-bond donors (Lipinski definition) is 1. The Morgan fingerprint density at radius 3 is 2.48 bits per heavy atom. The molecule has 0 bridgehead atoms. The first-order valence-electron chi connectivity index (χ1n) is 8.05. The summed E-state index contributed by atoms with van der Waals surface area (Å²) in [7, 11) is 0. The molecule has 0 atom stereocenters. The van der Waals surface area contributed by atoms with E-state index in [1.807, 2.05) is 0 Å². The molecule has 1 aromatic rings. The lowest BCUT2D eigenvalue weighted by molar-refractivity contribution is 0.150. The van der Waals surface area contributed by atoms with Crippen molar-refractivity contribution in [3.8, 4) is 0 Å². The van der Waals surface area contributed by atoms with Gasteiger partial charge in [-0.3, -0.25) is 9.89 Å². The van der Waals surface area contributed by atoms with Crippen LogP contribution in [0.2, 0.25) is 0 Å². The number of rotatable bonds is 3. The maximum absolute atomic E-state index is 4.01. The molecule has 0 aromatic heterocycles. The Balaban J connectivity index is 1.61. The predicted molar refractivity (Wildman–Crippen MR) is 90.1 cm³/mol. The molecule has 0 amide bonds. The molecule has 4 heteroatoms. The second kappa shape index (κ2) is 6.58. The van der Waals surface area contributed by atoms with Crippen molar-refractivity contribution in [3.05, 3.63) is 23.8 Å². The van der Waals surface area contributed by atoms with Crippen molar-refractivity contribution < 1.29 is 0 Å². The molecule has 2 fully saturated rings. The van der Waals surface area contributed by atoms with Crippen LogP contribution >= 0.6 is 0 Å². The van der Waals surface area contributed by atoms with Gasteiger partial charge in [0.25, 0.3) is 0 Å². The van der Waals surface area contributed by atoms with Gasteiger partial charge in [-0.25, -0.2) is 0 Å². The topological polar surface area (TPSA) is 30.9 Å². The zero-order valence-electron chi connectivity index (χ0n) is 13.0. The molecule has 1 N–H and O–H groups in total. The fraction of sp³-hybridized carbons (Fsp3) is 0.588. The minimum atomic E-state index is 0.776. The molecular weight excluding hydrogens is 260 g/mol. The van der Waals surface area contributed by atoms with Crippen molar-refractivity contribution in [2.24, 2.45) is 4.99 Å². The average Bonchev–Trinajstić information content (AvgIpc) is 2.56. The number of hydrogen-bond acceptors (Lipinski definition) is 4. The van der Waals surface area contributed by atoms with Gasteiger partial charge in [0.15, 0.2) is 0 Å². The first-order valence-corrected chi connectivity index (χ1v) is 8.05. The van der Waals surface area contributed by atoms with Crippen molar-refractivity contribution in [2.45, 2.75) is 25.8 Å². The molecule has 2 saturated heterocycles. The number of nitrogens with zero attached hydrogens (tertiary/aromatic N) is 3. The molecule has 0 saturated carbocycles. The van der Waals surface area contributed by atoms with E-state index in [0.717, 1.165) is 37.9 Å². The lowest BCUT2D eigenvalue weighted by atomic mass is 10.0. The van der Waals surface area contributed by atoms with Crippen LogP contribution in [0.4, 0.5) is 11.4 Å². The molecule has 3 rings (SSSR count). The second-order valence-corrected chi connectivity index (χ2v) is 6.13. The van der Waals surface area contributed by atoms with Crippen LogP contribution in [0.25, 0.3) is 0 Å². The van der Waals surface area contributed by atoms with Gasteiger partial charge in [0.2, 0.25) is 0 Å². The molecule has 2 heterocycles. The molecule has 2 aliphatic rings. The van der Waals surface area contributed by atoms with Crippen molar-refractivity contribution >= 4 is 18.1 Å². The number of benzene rings is 1. The summed E-state index contributed by atoms with van der Waals surface area (Å²) < 4.78 is 0. The van der Waals surface area contributed by atoms with Gasteiger partial charge in [-0.1, -0.05) is 0 Å². The maximum Gasteiger partial charge on any atom is 0.0626 e. The molecule has 0 aliphatic carbocycles. The normalized spacial score (nSPS) is 21.5. The van der Waals surface area contributed by atoms with E-state index >= 15 is 0 Å². The summed E-state index contributed by atoms with van der Waals surface area (Å²) in [5.41, 5.74) is 3.63. The molecule has 0 radical (unpaired) electrons. The van der Waals surface area contributed by atoms with E-state index in [1.165, 1.54) is 37.2 Å². The van der Waals surface area contributed by atoms with Crippen molar-refractivity contribution in [2.75, 3.05) is 44.2 Å². The number of piperidine rings is 1. The standard InChI is InChI=1S/C17H26N4/c1-14-13-15(18-2)3-4-17(14)21-9-5-16(6-10-21)20-11-7-19-8-12-20/h3-4,13,16,19H,2,5-12H2,1H3. The van der Waals surface area contributed by atoms with Crippen LogP contribution in [0.15, 0.2) is 23.2 Å². The lowest BCUT2D eigenvalue weighted by Crippen LogP contribution is -2.52. The average molecular weight is 286 g/mol. The molecule has 1 aromatic carbocycles. The van der Waals surface area contributed by atoms with Gasteiger partial charge in [0.1, 0.15) is 0 Å². The smallest absolute Gasteiger partial charge is 0.0626 e. The van der Waals surface area contributed by atoms with E-state index in [0.29, 0.717) is 0 Å². The highest BCUT2D eigenvalue weighted by Gasteiger charge is 2.25. The van der Waals surface area contributed by atoms with Crippen LogP contribution in [0.1, 0.15) is 18.4 Å². The van der Waals surface area contributed by atoms with Gasteiger partial charge < -0.3 is 10.2 Å². The first kappa shape index (κ1) is 14.5. The monoisotopic (exact) mass is 286 g/mol. The molecule has 21 heavy (non-hydrogen) atoms. The quantitative estimate of drug-likeness (QED) is 0.864. The summed E-state index contributed by atoms with van der Waals surface area (Å²) >= 11 is 0. The first-order chi connectivity index (χ1) is 10.3. The molecular formula is C17H26N4. The van der Waals surface area contributed by atoms with Gasteiger partial charge in [0, 0.05) is 51.0 Å². The van der Waals surface area contributed by atoms with Crippen LogP contribution in [0, 0.1) is 6.92 Å². The number of aryl methyl sites for hydroxylation is 1. The number of aliphatic imine (C=N–C) groups is 1. The number of nitrogens with one attached hydrogen (secondary N) is 1. The molecule has 2 aliphatic heterocycles. The van der Waals surface area contributed by atoms with Gasteiger partial charge in [-0.15, -0.1) is 0 Å². The van der Waals surface area contributed by atoms with Crippen LogP contribution < -0.4 is 10.2 Å².